The van der Waals surface area contributed by atoms with E-state index in [1.807, 2.05) is 25.3 Å². The maximum Gasteiger partial charge on any atom is 0.223 e. The third-order valence-electron chi connectivity index (χ3n) is 3.83. The number of nitrogens with zero attached hydrogens (tertiary/aromatic N) is 1. The molecule has 2 atom stereocenters. The van der Waals surface area contributed by atoms with Crippen molar-refractivity contribution in [2.45, 2.75) is 19.3 Å². The first-order valence-corrected chi connectivity index (χ1v) is 7.18. The molecule has 1 aliphatic rings. The number of benzene rings is 1. The van der Waals surface area contributed by atoms with E-state index in [0.29, 0.717) is 6.54 Å². The summed E-state index contributed by atoms with van der Waals surface area (Å²) in [5.41, 5.74) is 2.80. The van der Waals surface area contributed by atoms with Gasteiger partial charge in [0.25, 0.3) is 0 Å². The molecule has 1 amide bonds. The van der Waals surface area contributed by atoms with E-state index >= 15 is 0 Å². The number of carbonyl (C=O) groups excluding carboxylic acids is 1. The Morgan fingerprint density at radius 3 is 2.67 bits per heavy atom. The molecule has 0 radical (unpaired) electrons. The SMILES string of the molecule is CCNC(=O)[C@H]1C[C@@H]1c1ccc(-c2ccc(F)cc2)nc1. The number of hydrogen-bond donors (Lipinski definition) is 1. The van der Waals surface area contributed by atoms with Gasteiger partial charge in [0.2, 0.25) is 5.91 Å². The molecular formula is C17H17FN2O. The van der Waals surface area contributed by atoms with Crippen molar-refractivity contribution >= 4 is 5.91 Å². The first-order valence-electron chi connectivity index (χ1n) is 7.18. The highest BCUT2D eigenvalue weighted by molar-refractivity contribution is 5.82. The third kappa shape index (κ3) is 2.94. The molecule has 0 saturated heterocycles. The fraction of sp³-hybridized carbons (Fsp3) is 0.294. The van der Waals surface area contributed by atoms with Gasteiger partial charge in [0, 0.05) is 24.2 Å². The van der Waals surface area contributed by atoms with Crippen LogP contribution in [0.1, 0.15) is 24.8 Å². The molecule has 0 unspecified atom stereocenters. The van der Waals surface area contributed by atoms with Crippen molar-refractivity contribution < 1.29 is 9.18 Å². The van der Waals surface area contributed by atoms with Gasteiger partial charge in [-0.25, -0.2) is 4.39 Å². The highest BCUT2D eigenvalue weighted by Crippen LogP contribution is 2.47. The topological polar surface area (TPSA) is 42.0 Å². The maximum atomic E-state index is 12.9. The molecule has 3 nitrogen and oxygen atoms in total. The molecule has 0 bridgehead atoms. The second-order valence-corrected chi connectivity index (χ2v) is 5.33. The van der Waals surface area contributed by atoms with Crippen molar-refractivity contribution in [3.8, 4) is 11.3 Å². The summed E-state index contributed by atoms with van der Waals surface area (Å²) in [4.78, 5) is 16.2. The van der Waals surface area contributed by atoms with Crippen LogP contribution < -0.4 is 5.32 Å². The van der Waals surface area contributed by atoms with Crippen LogP contribution in [0.2, 0.25) is 0 Å². The van der Waals surface area contributed by atoms with Gasteiger partial charge in [0.1, 0.15) is 5.82 Å². The molecule has 1 fully saturated rings. The van der Waals surface area contributed by atoms with Crippen LogP contribution in [0, 0.1) is 11.7 Å². The van der Waals surface area contributed by atoms with Crippen molar-refractivity contribution in [2.24, 2.45) is 5.92 Å². The number of aromatic nitrogens is 1. The van der Waals surface area contributed by atoms with E-state index in [2.05, 4.69) is 10.3 Å². The molecule has 3 rings (SSSR count). The number of nitrogens with one attached hydrogen (secondary N) is 1. The third-order valence-corrected chi connectivity index (χ3v) is 3.83. The molecule has 0 aliphatic heterocycles. The van der Waals surface area contributed by atoms with Crippen LogP contribution in [0.25, 0.3) is 11.3 Å². The lowest BCUT2D eigenvalue weighted by molar-refractivity contribution is -0.122. The second-order valence-electron chi connectivity index (χ2n) is 5.33. The van der Waals surface area contributed by atoms with Crippen LogP contribution in [0.3, 0.4) is 0 Å². The number of rotatable bonds is 4. The largest absolute Gasteiger partial charge is 0.356 e. The normalized spacial score (nSPS) is 20.1. The zero-order valence-corrected chi connectivity index (χ0v) is 11.8. The van der Waals surface area contributed by atoms with Gasteiger partial charge in [-0.15, -0.1) is 0 Å². The molecule has 1 aromatic heterocycles. The predicted molar refractivity (Wildman–Crippen MR) is 79.2 cm³/mol. The standard InChI is InChI=1S/C17H17FN2O/c1-2-19-17(21)15-9-14(15)12-5-8-16(20-10-12)11-3-6-13(18)7-4-11/h3-8,10,14-15H,2,9H2,1H3,(H,19,21)/t14-,15+/m1/s1. The summed E-state index contributed by atoms with van der Waals surface area (Å²) in [6.45, 7) is 2.60. The Morgan fingerprint density at radius 1 is 1.29 bits per heavy atom. The Morgan fingerprint density at radius 2 is 2.05 bits per heavy atom. The Hall–Kier alpha value is -2.23. The van der Waals surface area contributed by atoms with Gasteiger partial charge < -0.3 is 5.32 Å². The molecule has 0 spiro atoms. The minimum atomic E-state index is -0.252. The van der Waals surface area contributed by atoms with Crippen molar-refractivity contribution in [3.05, 3.63) is 54.0 Å². The zero-order chi connectivity index (χ0) is 14.8. The lowest BCUT2D eigenvalue weighted by Crippen LogP contribution is -2.24. The van der Waals surface area contributed by atoms with E-state index in [1.54, 1.807) is 12.1 Å². The minimum absolute atomic E-state index is 0.0865. The van der Waals surface area contributed by atoms with Gasteiger partial charge >= 0.3 is 0 Å². The quantitative estimate of drug-likeness (QED) is 0.937. The van der Waals surface area contributed by atoms with E-state index in [1.165, 1.54) is 12.1 Å². The summed E-state index contributed by atoms with van der Waals surface area (Å²) in [5.74, 6) is 0.248. The average molecular weight is 284 g/mol. The van der Waals surface area contributed by atoms with Crippen LogP contribution in [0.5, 0.6) is 0 Å². The van der Waals surface area contributed by atoms with Crippen LogP contribution >= 0.6 is 0 Å². The summed E-state index contributed by atoms with van der Waals surface area (Å²) in [5, 5.41) is 2.85. The van der Waals surface area contributed by atoms with Crippen LogP contribution in [-0.2, 0) is 4.79 Å². The lowest BCUT2D eigenvalue weighted by Gasteiger charge is -2.04. The Labute approximate surface area is 123 Å². The van der Waals surface area contributed by atoms with Crippen molar-refractivity contribution in [1.82, 2.24) is 10.3 Å². The van der Waals surface area contributed by atoms with Gasteiger partial charge in [0.15, 0.2) is 0 Å². The van der Waals surface area contributed by atoms with Crippen molar-refractivity contribution in [1.29, 1.82) is 0 Å². The average Bonchev–Trinajstić information content (AvgIpc) is 3.29. The van der Waals surface area contributed by atoms with Crippen molar-refractivity contribution in [2.75, 3.05) is 6.54 Å². The fourth-order valence-corrected chi connectivity index (χ4v) is 2.57. The van der Waals surface area contributed by atoms with E-state index in [0.717, 1.165) is 23.2 Å². The first kappa shape index (κ1) is 13.7. The maximum absolute atomic E-state index is 12.9. The van der Waals surface area contributed by atoms with E-state index in [-0.39, 0.29) is 23.6 Å². The molecule has 1 N–H and O–H groups in total. The lowest BCUT2D eigenvalue weighted by atomic mass is 10.1. The molecule has 1 aliphatic carbocycles. The summed E-state index contributed by atoms with van der Waals surface area (Å²) >= 11 is 0. The Bertz CT molecular complexity index is 637. The molecule has 2 aromatic rings. The van der Waals surface area contributed by atoms with Gasteiger partial charge in [-0.3, -0.25) is 9.78 Å². The summed E-state index contributed by atoms with van der Waals surface area (Å²) in [6, 6.07) is 10.2. The number of amides is 1. The Kier molecular flexibility index (Phi) is 3.69. The van der Waals surface area contributed by atoms with E-state index in [4.69, 9.17) is 0 Å². The van der Waals surface area contributed by atoms with Gasteiger partial charge in [-0.05, 0) is 55.2 Å². The molecule has 108 valence electrons. The molecular weight excluding hydrogens is 267 g/mol. The van der Waals surface area contributed by atoms with Crippen molar-refractivity contribution in [3.63, 3.8) is 0 Å². The summed E-state index contributed by atoms with van der Waals surface area (Å²) in [6.07, 6.45) is 2.71. The highest BCUT2D eigenvalue weighted by Gasteiger charge is 2.43. The smallest absolute Gasteiger partial charge is 0.223 e. The van der Waals surface area contributed by atoms with Gasteiger partial charge in [-0.1, -0.05) is 6.07 Å². The van der Waals surface area contributed by atoms with Crippen LogP contribution in [0.15, 0.2) is 42.6 Å². The van der Waals surface area contributed by atoms with Crippen LogP contribution in [-0.4, -0.2) is 17.4 Å². The van der Waals surface area contributed by atoms with Gasteiger partial charge in [-0.2, -0.15) is 0 Å². The summed E-state index contributed by atoms with van der Waals surface area (Å²) in [7, 11) is 0. The Balaban J connectivity index is 1.71. The zero-order valence-electron chi connectivity index (χ0n) is 11.8. The number of pyridine rings is 1. The highest BCUT2D eigenvalue weighted by atomic mass is 19.1. The molecule has 4 heteroatoms. The number of carbonyl (C=O) groups is 1. The fourth-order valence-electron chi connectivity index (χ4n) is 2.57. The summed E-state index contributed by atoms with van der Waals surface area (Å²) < 4.78 is 12.9. The predicted octanol–water partition coefficient (Wildman–Crippen LogP) is 3.13. The minimum Gasteiger partial charge on any atom is -0.356 e. The van der Waals surface area contributed by atoms with Crippen LogP contribution in [0.4, 0.5) is 4.39 Å². The van der Waals surface area contributed by atoms with E-state index < -0.39 is 0 Å². The van der Waals surface area contributed by atoms with E-state index in [9.17, 15) is 9.18 Å². The monoisotopic (exact) mass is 284 g/mol. The van der Waals surface area contributed by atoms with Gasteiger partial charge in [0.05, 0.1) is 5.69 Å². The molecule has 21 heavy (non-hydrogen) atoms. The first-order chi connectivity index (χ1) is 10.2. The number of halogens is 1. The number of hydrogen-bond acceptors (Lipinski definition) is 2. The second kappa shape index (κ2) is 5.64. The molecule has 1 saturated carbocycles. The molecule has 1 heterocycles. The molecule has 1 aromatic carbocycles.